The van der Waals surface area contributed by atoms with Crippen molar-refractivity contribution in [2.45, 2.75) is 71.6 Å². The van der Waals surface area contributed by atoms with Crippen molar-refractivity contribution in [3.8, 4) is 5.88 Å². The second kappa shape index (κ2) is 11.5. The monoisotopic (exact) mass is 543 g/mol. The van der Waals surface area contributed by atoms with Gasteiger partial charge in [0.25, 0.3) is 0 Å². The van der Waals surface area contributed by atoms with Crippen molar-refractivity contribution < 1.29 is 19.2 Å². The molecule has 3 rings (SSSR count). The van der Waals surface area contributed by atoms with E-state index in [2.05, 4.69) is 20.4 Å². The van der Waals surface area contributed by atoms with E-state index < -0.39 is 16.6 Å². The summed E-state index contributed by atoms with van der Waals surface area (Å²) in [5.74, 6) is 0.337. The summed E-state index contributed by atoms with van der Waals surface area (Å²) in [6.07, 6.45) is 2.93. The number of halogens is 2. The fourth-order valence-electron chi connectivity index (χ4n) is 3.88. The lowest BCUT2D eigenvalue weighted by Gasteiger charge is -2.34. The highest BCUT2D eigenvalue weighted by atomic mass is 35.5. The van der Waals surface area contributed by atoms with Gasteiger partial charge in [-0.25, -0.2) is 9.78 Å². The molecular formula is C22H31Cl2N7O5. The number of aromatic nitrogens is 4. The summed E-state index contributed by atoms with van der Waals surface area (Å²) in [6.45, 7) is 10.0. The summed E-state index contributed by atoms with van der Waals surface area (Å²) in [5.41, 5.74) is -0.419. The Morgan fingerprint density at radius 3 is 2.78 bits per heavy atom. The number of carbonyl (C=O) groups excluding carboxylic acids is 1. The molecule has 0 saturated carbocycles. The molecule has 14 heteroatoms. The second-order valence-corrected chi connectivity index (χ2v) is 10.4. The zero-order valence-electron chi connectivity index (χ0n) is 21.0. The highest BCUT2D eigenvalue weighted by molar-refractivity contribution is 6.33. The predicted molar refractivity (Wildman–Crippen MR) is 135 cm³/mol. The maximum absolute atomic E-state index is 12.5. The highest BCUT2D eigenvalue weighted by Crippen LogP contribution is 2.34. The minimum atomic E-state index is -0.609. The summed E-state index contributed by atoms with van der Waals surface area (Å²) in [7, 11) is 0. The summed E-state index contributed by atoms with van der Waals surface area (Å²) in [5, 5.41) is 19.7. The van der Waals surface area contributed by atoms with Gasteiger partial charge in [0.15, 0.2) is 0 Å². The number of amides is 1. The van der Waals surface area contributed by atoms with E-state index in [-0.39, 0.29) is 35.5 Å². The number of piperidine rings is 1. The normalized spacial score (nSPS) is 17.0. The van der Waals surface area contributed by atoms with Crippen LogP contribution >= 0.6 is 23.2 Å². The van der Waals surface area contributed by atoms with Gasteiger partial charge in [0.2, 0.25) is 5.28 Å². The SMILES string of the molecule is Cc1c([N+](=O)[O-])c(OCCC(C)Nc2nc(Cl)ncc2Cl)nn1C1CCCN(C(=O)OC(C)(C)C)C1. The van der Waals surface area contributed by atoms with Crippen LogP contribution < -0.4 is 10.1 Å². The van der Waals surface area contributed by atoms with Crippen LogP contribution in [0.1, 0.15) is 58.7 Å². The first-order valence-electron chi connectivity index (χ1n) is 11.6. The van der Waals surface area contributed by atoms with Crippen LogP contribution in [0.25, 0.3) is 0 Å². The van der Waals surface area contributed by atoms with Crippen molar-refractivity contribution in [2.24, 2.45) is 0 Å². The van der Waals surface area contributed by atoms with Gasteiger partial charge < -0.3 is 19.7 Å². The van der Waals surface area contributed by atoms with Crippen LogP contribution in [0.4, 0.5) is 16.3 Å². The van der Waals surface area contributed by atoms with E-state index in [0.29, 0.717) is 36.0 Å². The Kier molecular flexibility index (Phi) is 8.83. The standard InChI is InChI=1S/C22H31Cl2N7O5/c1-13(26-18-16(23)11-25-20(24)27-18)8-10-35-19-17(31(33)34)14(2)30(28-19)15-7-6-9-29(12-15)21(32)36-22(3,4)5/h11,13,15H,6-10,12H2,1-5H3,(H,25,26,27). The fraction of sp³-hybridized carbons (Fsp3) is 0.636. The van der Waals surface area contributed by atoms with Crippen molar-refractivity contribution in [2.75, 3.05) is 25.0 Å². The highest BCUT2D eigenvalue weighted by Gasteiger charge is 2.34. The van der Waals surface area contributed by atoms with Crippen LogP contribution in [0.5, 0.6) is 5.88 Å². The quantitative estimate of drug-likeness (QED) is 0.275. The molecule has 2 atom stereocenters. The minimum absolute atomic E-state index is 0.0535. The molecule has 0 spiro atoms. The first-order valence-corrected chi connectivity index (χ1v) is 12.4. The fourth-order valence-corrected chi connectivity index (χ4v) is 4.16. The third-order valence-corrected chi connectivity index (χ3v) is 6.01. The lowest BCUT2D eigenvalue weighted by molar-refractivity contribution is -0.386. The molecule has 1 saturated heterocycles. The van der Waals surface area contributed by atoms with Gasteiger partial charge in [0.1, 0.15) is 22.1 Å². The average Bonchev–Trinajstić information content (AvgIpc) is 3.11. The molecule has 1 aliphatic rings. The third kappa shape index (κ3) is 7.10. The van der Waals surface area contributed by atoms with Crippen LogP contribution in [-0.4, -0.2) is 67.0 Å². The van der Waals surface area contributed by atoms with Crippen molar-refractivity contribution in [1.29, 1.82) is 0 Å². The topological polar surface area (TPSA) is 138 Å². The number of ether oxygens (including phenoxy) is 2. The van der Waals surface area contributed by atoms with Gasteiger partial charge in [-0.3, -0.25) is 14.8 Å². The van der Waals surface area contributed by atoms with Crippen LogP contribution in [0.15, 0.2) is 6.20 Å². The van der Waals surface area contributed by atoms with Gasteiger partial charge in [-0.05, 0) is 59.1 Å². The number of anilines is 1. The van der Waals surface area contributed by atoms with Gasteiger partial charge >= 0.3 is 17.7 Å². The van der Waals surface area contributed by atoms with E-state index in [1.54, 1.807) is 16.5 Å². The Bertz CT molecular complexity index is 1110. The molecule has 1 N–H and O–H groups in total. The van der Waals surface area contributed by atoms with E-state index in [9.17, 15) is 14.9 Å². The molecule has 0 bridgehead atoms. The molecule has 0 aromatic carbocycles. The van der Waals surface area contributed by atoms with Crippen LogP contribution in [-0.2, 0) is 4.74 Å². The molecule has 1 aliphatic heterocycles. The molecular weight excluding hydrogens is 513 g/mol. The summed E-state index contributed by atoms with van der Waals surface area (Å²) in [4.78, 5) is 33.3. The number of hydrogen-bond donors (Lipinski definition) is 1. The smallest absolute Gasteiger partial charge is 0.410 e. The first kappa shape index (κ1) is 27.7. The zero-order valence-corrected chi connectivity index (χ0v) is 22.5. The second-order valence-electron chi connectivity index (χ2n) is 9.68. The van der Waals surface area contributed by atoms with Gasteiger partial charge in [-0.1, -0.05) is 11.6 Å². The van der Waals surface area contributed by atoms with Crippen molar-refractivity contribution in [3.05, 3.63) is 32.3 Å². The van der Waals surface area contributed by atoms with Gasteiger partial charge in [0.05, 0.1) is 23.8 Å². The van der Waals surface area contributed by atoms with E-state index in [4.69, 9.17) is 32.7 Å². The van der Waals surface area contributed by atoms with E-state index >= 15 is 0 Å². The van der Waals surface area contributed by atoms with Crippen LogP contribution in [0.2, 0.25) is 10.3 Å². The maximum atomic E-state index is 12.5. The van der Waals surface area contributed by atoms with Crippen molar-refractivity contribution in [3.63, 3.8) is 0 Å². The van der Waals surface area contributed by atoms with Gasteiger partial charge in [-0.15, -0.1) is 5.10 Å². The Morgan fingerprint density at radius 2 is 2.11 bits per heavy atom. The number of nitrogens with one attached hydrogen (secondary N) is 1. The molecule has 2 aromatic heterocycles. The zero-order chi connectivity index (χ0) is 26.6. The Labute approximate surface area is 219 Å². The molecule has 2 aromatic rings. The molecule has 1 amide bonds. The number of rotatable bonds is 8. The Balaban J connectivity index is 1.67. The average molecular weight is 544 g/mol. The van der Waals surface area contributed by atoms with E-state index in [1.807, 2.05) is 27.7 Å². The molecule has 2 unspecified atom stereocenters. The summed E-state index contributed by atoms with van der Waals surface area (Å²) < 4.78 is 12.8. The lowest BCUT2D eigenvalue weighted by Crippen LogP contribution is -2.43. The largest absolute Gasteiger partial charge is 0.472 e. The molecule has 1 fully saturated rings. The number of hydrogen-bond acceptors (Lipinski definition) is 9. The molecule has 198 valence electrons. The van der Waals surface area contributed by atoms with Crippen molar-refractivity contribution >= 4 is 40.8 Å². The number of nitro groups is 1. The first-order chi connectivity index (χ1) is 16.9. The predicted octanol–water partition coefficient (Wildman–Crippen LogP) is 5.04. The molecule has 12 nitrogen and oxygen atoms in total. The summed E-state index contributed by atoms with van der Waals surface area (Å²) in [6, 6.07) is -0.357. The molecule has 36 heavy (non-hydrogen) atoms. The lowest BCUT2D eigenvalue weighted by atomic mass is 10.1. The molecule has 0 radical (unpaired) electrons. The van der Waals surface area contributed by atoms with E-state index in [0.717, 1.165) is 12.8 Å². The molecule has 3 heterocycles. The molecule has 0 aliphatic carbocycles. The maximum Gasteiger partial charge on any atom is 0.410 e. The summed E-state index contributed by atoms with van der Waals surface area (Å²) >= 11 is 11.9. The third-order valence-electron chi connectivity index (χ3n) is 5.55. The van der Waals surface area contributed by atoms with Gasteiger partial charge in [0, 0.05) is 25.6 Å². The number of carbonyl (C=O) groups is 1. The minimum Gasteiger partial charge on any atom is -0.472 e. The van der Waals surface area contributed by atoms with Crippen LogP contribution in [0, 0.1) is 17.0 Å². The van der Waals surface area contributed by atoms with Crippen LogP contribution in [0.3, 0.4) is 0 Å². The van der Waals surface area contributed by atoms with Gasteiger partial charge in [-0.2, -0.15) is 4.98 Å². The Morgan fingerprint density at radius 1 is 1.39 bits per heavy atom. The van der Waals surface area contributed by atoms with Crippen molar-refractivity contribution in [1.82, 2.24) is 24.6 Å². The number of nitrogens with zero attached hydrogens (tertiary/aromatic N) is 6. The van der Waals surface area contributed by atoms with E-state index in [1.165, 1.54) is 6.20 Å². The number of likely N-dealkylation sites (tertiary alicyclic amines) is 1. The Hall–Kier alpha value is -2.86.